The van der Waals surface area contributed by atoms with Gasteiger partial charge in [0.1, 0.15) is 5.82 Å². The molecule has 1 aromatic carbocycles. The Morgan fingerprint density at radius 3 is 2.55 bits per heavy atom. The van der Waals surface area contributed by atoms with Gasteiger partial charge in [0.05, 0.1) is 16.4 Å². The molecule has 2 rings (SSSR count). The van der Waals surface area contributed by atoms with Gasteiger partial charge in [0.15, 0.2) is 9.84 Å². The summed E-state index contributed by atoms with van der Waals surface area (Å²) in [6.07, 6.45) is 0.211. The number of benzene rings is 1. The van der Waals surface area contributed by atoms with Gasteiger partial charge in [-0.1, -0.05) is 6.07 Å². The molecule has 1 aliphatic rings. The molecule has 1 saturated heterocycles. The molecule has 20 heavy (non-hydrogen) atoms. The van der Waals surface area contributed by atoms with Crippen molar-refractivity contribution in [3.8, 4) is 0 Å². The highest BCUT2D eigenvalue weighted by atomic mass is 32.2. The molecule has 0 radical (unpaired) electrons. The molecule has 8 heteroatoms. The third-order valence-electron chi connectivity index (χ3n) is 3.32. The van der Waals surface area contributed by atoms with Gasteiger partial charge < -0.3 is 0 Å². The van der Waals surface area contributed by atoms with E-state index in [4.69, 9.17) is 0 Å². The van der Waals surface area contributed by atoms with Crippen molar-refractivity contribution < 1.29 is 21.2 Å². The van der Waals surface area contributed by atoms with Crippen molar-refractivity contribution in [2.24, 2.45) is 0 Å². The maximum atomic E-state index is 13.2. The zero-order valence-corrected chi connectivity index (χ0v) is 12.8. The number of sulfone groups is 1. The van der Waals surface area contributed by atoms with Crippen LogP contribution >= 0.6 is 0 Å². The lowest BCUT2D eigenvalue weighted by molar-refractivity contribution is 0.461. The second-order valence-corrected chi connectivity index (χ2v) is 9.25. The van der Waals surface area contributed by atoms with Gasteiger partial charge in [-0.3, -0.25) is 0 Å². The average molecular weight is 321 g/mol. The monoisotopic (exact) mass is 321 g/mol. The van der Waals surface area contributed by atoms with E-state index >= 15 is 0 Å². The van der Waals surface area contributed by atoms with Crippen LogP contribution in [-0.2, 0) is 19.9 Å². The van der Waals surface area contributed by atoms with Crippen LogP contribution < -0.4 is 4.72 Å². The van der Waals surface area contributed by atoms with Gasteiger partial charge >= 0.3 is 0 Å². The van der Waals surface area contributed by atoms with Crippen molar-refractivity contribution >= 4 is 19.9 Å². The molecule has 0 amide bonds. The van der Waals surface area contributed by atoms with Gasteiger partial charge in [-0.05, 0) is 38.0 Å². The molecule has 0 saturated carbocycles. The molecule has 5 nitrogen and oxygen atoms in total. The van der Waals surface area contributed by atoms with Gasteiger partial charge in [-0.2, -0.15) is 0 Å². The summed E-state index contributed by atoms with van der Waals surface area (Å²) in [5.41, 5.74) is -0.639. The van der Waals surface area contributed by atoms with Crippen LogP contribution in [0.25, 0.3) is 0 Å². The van der Waals surface area contributed by atoms with Gasteiger partial charge in [0, 0.05) is 5.54 Å². The first-order valence-corrected chi connectivity index (χ1v) is 9.34. The summed E-state index contributed by atoms with van der Waals surface area (Å²) >= 11 is 0. The third kappa shape index (κ3) is 3.18. The SMILES string of the molecule is Cc1ccc(F)cc1S(=O)(=O)NC1(C)CCS(=O)(=O)C1. The van der Waals surface area contributed by atoms with E-state index in [0.717, 1.165) is 6.07 Å². The van der Waals surface area contributed by atoms with E-state index in [1.54, 1.807) is 13.8 Å². The molecule has 0 aromatic heterocycles. The van der Waals surface area contributed by atoms with E-state index in [1.807, 2.05) is 0 Å². The minimum absolute atomic E-state index is 0.0475. The molecule has 0 spiro atoms. The molecule has 1 N–H and O–H groups in total. The average Bonchev–Trinajstić information content (AvgIpc) is 2.55. The summed E-state index contributed by atoms with van der Waals surface area (Å²) < 4.78 is 63.2. The maximum absolute atomic E-state index is 13.2. The lowest BCUT2D eigenvalue weighted by Gasteiger charge is -2.24. The minimum atomic E-state index is -3.96. The van der Waals surface area contributed by atoms with E-state index in [1.165, 1.54) is 12.1 Å². The molecule has 112 valence electrons. The Balaban J connectivity index is 2.35. The standard InChI is InChI=1S/C12H16FNO4S2/c1-9-3-4-10(13)7-11(9)20(17,18)14-12(2)5-6-19(15,16)8-12/h3-4,7,14H,5-6,8H2,1-2H3. The van der Waals surface area contributed by atoms with Crippen LogP contribution in [-0.4, -0.2) is 33.9 Å². The van der Waals surface area contributed by atoms with Crippen molar-refractivity contribution in [1.82, 2.24) is 4.72 Å². The molecule has 1 heterocycles. The Kier molecular flexibility index (Phi) is 3.68. The molecular formula is C12H16FNO4S2. The molecule has 1 atom stereocenters. The lowest BCUT2D eigenvalue weighted by atomic mass is 10.0. The second-order valence-electron chi connectivity index (χ2n) is 5.42. The van der Waals surface area contributed by atoms with Crippen molar-refractivity contribution in [3.05, 3.63) is 29.6 Å². The molecule has 1 unspecified atom stereocenters. The summed E-state index contributed by atoms with van der Waals surface area (Å²) in [5.74, 6) is -0.943. The third-order valence-corrected chi connectivity index (χ3v) is 7.01. The summed E-state index contributed by atoms with van der Waals surface area (Å²) in [7, 11) is -7.19. The first kappa shape index (κ1) is 15.4. The predicted molar refractivity (Wildman–Crippen MR) is 73.1 cm³/mol. The fourth-order valence-electron chi connectivity index (χ4n) is 2.33. The minimum Gasteiger partial charge on any atom is -0.229 e. The number of hydrogen-bond acceptors (Lipinski definition) is 4. The van der Waals surface area contributed by atoms with Gasteiger partial charge in [0.2, 0.25) is 10.0 Å². The number of nitrogens with one attached hydrogen (secondary N) is 1. The Bertz CT molecular complexity index is 743. The smallest absolute Gasteiger partial charge is 0.229 e. The van der Waals surface area contributed by atoms with Crippen molar-refractivity contribution in [1.29, 1.82) is 0 Å². The number of hydrogen-bond donors (Lipinski definition) is 1. The van der Waals surface area contributed by atoms with Crippen LogP contribution in [0.1, 0.15) is 18.9 Å². The molecule has 1 aromatic rings. The van der Waals surface area contributed by atoms with Crippen LogP contribution in [0.15, 0.2) is 23.1 Å². The first-order valence-electron chi connectivity index (χ1n) is 6.04. The van der Waals surface area contributed by atoms with E-state index in [2.05, 4.69) is 4.72 Å². The van der Waals surface area contributed by atoms with Crippen molar-refractivity contribution in [2.45, 2.75) is 30.7 Å². The van der Waals surface area contributed by atoms with Gasteiger partial charge in [0.25, 0.3) is 0 Å². The van der Waals surface area contributed by atoms with Crippen molar-refractivity contribution in [3.63, 3.8) is 0 Å². The number of halogens is 1. The second kappa shape index (κ2) is 4.78. The summed E-state index contributed by atoms with van der Waals surface area (Å²) in [5, 5.41) is 0. The van der Waals surface area contributed by atoms with E-state index in [0.29, 0.717) is 5.56 Å². The zero-order chi connectivity index (χ0) is 15.2. The van der Waals surface area contributed by atoms with E-state index < -0.39 is 31.2 Å². The molecule has 1 fully saturated rings. The Morgan fingerprint density at radius 1 is 1.35 bits per heavy atom. The Hall–Kier alpha value is -0.990. The molecular weight excluding hydrogens is 305 g/mol. The van der Waals surface area contributed by atoms with Crippen LogP contribution in [0.4, 0.5) is 4.39 Å². The Labute approximate surface area is 118 Å². The van der Waals surface area contributed by atoms with Gasteiger partial charge in [-0.15, -0.1) is 0 Å². The first-order chi connectivity index (χ1) is 9.03. The maximum Gasteiger partial charge on any atom is 0.241 e. The van der Waals surface area contributed by atoms with E-state index in [9.17, 15) is 21.2 Å². The molecule has 0 aliphatic carbocycles. The van der Waals surface area contributed by atoms with Crippen molar-refractivity contribution in [2.75, 3.05) is 11.5 Å². The topological polar surface area (TPSA) is 80.3 Å². The molecule has 0 bridgehead atoms. The normalized spacial score (nSPS) is 25.8. The number of rotatable bonds is 3. The highest BCUT2D eigenvalue weighted by molar-refractivity contribution is 7.92. The van der Waals surface area contributed by atoms with Gasteiger partial charge in [-0.25, -0.2) is 25.9 Å². The Morgan fingerprint density at radius 2 is 2.00 bits per heavy atom. The van der Waals surface area contributed by atoms with Crippen LogP contribution in [0.5, 0.6) is 0 Å². The van der Waals surface area contributed by atoms with Crippen LogP contribution in [0.2, 0.25) is 0 Å². The zero-order valence-electron chi connectivity index (χ0n) is 11.2. The largest absolute Gasteiger partial charge is 0.241 e. The fraction of sp³-hybridized carbons (Fsp3) is 0.500. The summed E-state index contributed by atoms with van der Waals surface area (Å²) in [4.78, 5) is -0.164. The number of aryl methyl sites for hydroxylation is 1. The summed E-state index contributed by atoms with van der Waals surface area (Å²) in [6.45, 7) is 3.10. The summed E-state index contributed by atoms with van der Waals surface area (Å²) in [6, 6.07) is 3.48. The highest BCUT2D eigenvalue weighted by Crippen LogP contribution is 2.26. The van der Waals surface area contributed by atoms with E-state index in [-0.39, 0.29) is 22.8 Å². The van der Waals surface area contributed by atoms with Crippen LogP contribution in [0, 0.1) is 12.7 Å². The lowest BCUT2D eigenvalue weighted by Crippen LogP contribution is -2.46. The number of sulfonamides is 1. The molecule has 1 aliphatic heterocycles. The predicted octanol–water partition coefficient (Wildman–Crippen LogP) is 0.990. The fourth-order valence-corrected chi connectivity index (χ4v) is 6.21. The quantitative estimate of drug-likeness (QED) is 0.900. The van der Waals surface area contributed by atoms with Crippen LogP contribution in [0.3, 0.4) is 0 Å². The highest BCUT2D eigenvalue weighted by Gasteiger charge is 2.41.